The number of halogens is 2. The molecule has 2 aliphatic rings. The third-order valence-electron chi connectivity index (χ3n) is 6.40. The van der Waals surface area contributed by atoms with E-state index in [1.54, 1.807) is 18.2 Å². The van der Waals surface area contributed by atoms with Gasteiger partial charge in [0, 0.05) is 45.1 Å². The average molecular weight is 504 g/mol. The lowest BCUT2D eigenvalue weighted by atomic mass is 10.0. The van der Waals surface area contributed by atoms with Crippen LogP contribution >= 0.6 is 23.2 Å². The average Bonchev–Trinajstić information content (AvgIpc) is 3.55. The number of hydrogen-bond acceptors (Lipinski definition) is 5. The summed E-state index contributed by atoms with van der Waals surface area (Å²) in [5.41, 5.74) is 9.11. The molecule has 0 radical (unpaired) electrons. The Balaban J connectivity index is 1.43. The molecule has 2 unspecified atom stereocenters. The third-order valence-corrected chi connectivity index (χ3v) is 7.14. The Bertz CT molecular complexity index is 1000. The summed E-state index contributed by atoms with van der Waals surface area (Å²) in [7, 11) is 0. The van der Waals surface area contributed by atoms with Crippen molar-refractivity contribution in [2.45, 2.75) is 43.9 Å². The molecule has 2 saturated heterocycles. The molecule has 4 rings (SSSR count). The van der Waals surface area contributed by atoms with Crippen molar-refractivity contribution in [3.05, 3.63) is 69.2 Å². The summed E-state index contributed by atoms with van der Waals surface area (Å²) in [4.78, 5) is 28.0. The van der Waals surface area contributed by atoms with Crippen molar-refractivity contribution in [1.82, 2.24) is 20.9 Å². The fraction of sp³-hybridized carbons (Fsp3) is 0.440. The van der Waals surface area contributed by atoms with Crippen LogP contribution in [0.1, 0.15) is 48.2 Å². The number of carbonyl (C=O) groups excluding carboxylic acids is 2. The van der Waals surface area contributed by atoms with Gasteiger partial charge in [-0.15, -0.1) is 0 Å². The molecule has 0 bridgehead atoms. The summed E-state index contributed by atoms with van der Waals surface area (Å²) in [5, 5.41) is 10.6. The van der Waals surface area contributed by atoms with Gasteiger partial charge in [-0.3, -0.25) is 20.2 Å². The molecule has 5 N–H and O–H groups in total. The topological polar surface area (TPSA) is 99.5 Å². The minimum atomic E-state index is -0.639. The van der Waals surface area contributed by atoms with Gasteiger partial charge in [0.2, 0.25) is 11.8 Å². The maximum Gasteiger partial charge on any atom is 0.245 e. The van der Waals surface area contributed by atoms with Gasteiger partial charge < -0.3 is 16.0 Å². The molecule has 2 aliphatic heterocycles. The maximum absolute atomic E-state index is 13.2. The lowest BCUT2D eigenvalue weighted by molar-refractivity contribution is -0.135. The standard InChI is InChI=1S/C25H31Cl2N5O2/c26-19-8-7-18(14-20(19)27)21(28)15-23(33)31-22(25(34)32-11-1-2-12-32)13-16-3-5-17(6-4-16)24-29-9-10-30-24/h3-8,14,21-22,24,29-30H,1-2,9-13,15,28H2,(H,31,33). The van der Waals surface area contributed by atoms with Crippen LogP contribution in [0.2, 0.25) is 10.0 Å². The van der Waals surface area contributed by atoms with Crippen LogP contribution in [-0.4, -0.2) is 48.9 Å². The highest BCUT2D eigenvalue weighted by molar-refractivity contribution is 6.42. The Morgan fingerprint density at radius 1 is 1.03 bits per heavy atom. The zero-order chi connectivity index (χ0) is 24.1. The summed E-state index contributed by atoms with van der Waals surface area (Å²) >= 11 is 12.1. The molecule has 0 saturated carbocycles. The number of likely N-dealkylation sites (tertiary alicyclic amines) is 1. The number of amides is 2. The highest BCUT2D eigenvalue weighted by atomic mass is 35.5. The molecule has 2 aromatic rings. The molecule has 2 atom stereocenters. The molecular weight excluding hydrogens is 473 g/mol. The second kappa shape index (κ2) is 11.5. The highest BCUT2D eigenvalue weighted by Crippen LogP contribution is 2.26. The summed E-state index contributed by atoms with van der Waals surface area (Å²) in [6, 6.07) is 12.1. The summed E-state index contributed by atoms with van der Waals surface area (Å²) < 4.78 is 0. The number of carbonyl (C=O) groups is 2. The minimum absolute atomic E-state index is 0.0414. The molecule has 0 aliphatic carbocycles. The SMILES string of the molecule is NC(CC(=O)NC(Cc1ccc(C2NCCN2)cc1)C(=O)N1CCCC1)c1ccc(Cl)c(Cl)c1. The number of nitrogens with zero attached hydrogens (tertiary/aromatic N) is 1. The van der Waals surface area contributed by atoms with E-state index in [1.165, 1.54) is 0 Å². The largest absolute Gasteiger partial charge is 0.344 e. The zero-order valence-electron chi connectivity index (χ0n) is 19.0. The van der Waals surface area contributed by atoms with Crippen LogP contribution in [-0.2, 0) is 16.0 Å². The smallest absolute Gasteiger partial charge is 0.245 e. The zero-order valence-corrected chi connectivity index (χ0v) is 20.5. The Kier molecular flexibility index (Phi) is 8.45. The van der Waals surface area contributed by atoms with Gasteiger partial charge in [-0.25, -0.2) is 0 Å². The predicted molar refractivity (Wildman–Crippen MR) is 135 cm³/mol. The quantitative estimate of drug-likeness (QED) is 0.443. The van der Waals surface area contributed by atoms with E-state index in [1.807, 2.05) is 17.0 Å². The second-order valence-corrected chi connectivity index (χ2v) is 9.74. The molecule has 2 aromatic carbocycles. The van der Waals surface area contributed by atoms with Crippen LogP contribution < -0.4 is 21.7 Å². The first-order valence-corrected chi connectivity index (χ1v) is 12.5. The summed E-state index contributed by atoms with van der Waals surface area (Å²) in [6.07, 6.45) is 2.60. The van der Waals surface area contributed by atoms with Crippen LogP contribution in [0.15, 0.2) is 42.5 Å². The van der Waals surface area contributed by atoms with Crippen LogP contribution in [0.4, 0.5) is 0 Å². The Labute approximate surface area is 210 Å². The van der Waals surface area contributed by atoms with Crippen molar-refractivity contribution >= 4 is 35.0 Å². The molecule has 2 heterocycles. The van der Waals surface area contributed by atoms with Crippen molar-refractivity contribution in [2.75, 3.05) is 26.2 Å². The van der Waals surface area contributed by atoms with Gasteiger partial charge in [0.1, 0.15) is 6.04 Å². The monoisotopic (exact) mass is 503 g/mol. The van der Waals surface area contributed by atoms with Crippen molar-refractivity contribution in [1.29, 1.82) is 0 Å². The molecule has 7 nitrogen and oxygen atoms in total. The molecule has 182 valence electrons. The van der Waals surface area contributed by atoms with Gasteiger partial charge in [-0.1, -0.05) is 53.5 Å². The Morgan fingerprint density at radius 3 is 2.35 bits per heavy atom. The molecular formula is C25H31Cl2N5O2. The van der Waals surface area contributed by atoms with E-state index in [0.717, 1.165) is 55.7 Å². The Hall–Kier alpha value is -2.16. The van der Waals surface area contributed by atoms with Crippen LogP contribution in [0, 0.1) is 0 Å². The van der Waals surface area contributed by atoms with Crippen molar-refractivity contribution in [2.24, 2.45) is 5.73 Å². The molecule has 34 heavy (non-hydrogen) atoms. The van der Waals surface area contributed by atoms with Gasteiger partial charge in [0.15, 0.2) is 0 Å². The van der Waals surface area contributed by atoms with E-state index >= 15 is 0 Å². The van der Waals surface area contributed by atoms with Crippen molar-refractivity contribution in [3.63, 3.8) is 0 Å². The lowest BCUT2D eigenvalue weighted by Gasteiger charge is -2.25. The molecule has 2 fully saturated rings. The first-order valence-electron chi connectivity index (χ1n) is 11.7. The molecule has 2 amide bonds. The fourth-order valence-electron chi connectivity index (χ4n) is 4.49. The van der Waals surface area contributed by atoms with Crippen molar-refractivity contribution < 1.29 is 9.59 Å². The molecule has 0 aromatic heterocycles. The minimum Gasteiger partial charge on any atom is -0.344 e. The number of rotatable bonds is 8. The van der Waals surface area contributed by atoms with Gasteiger partial charge in [-0.2, -0.15) is 0 Å². The summed E-state index contributed by atoms with van der Waals surface area (Å²) in [6.45, 7) is 3.34. The molecule has 0 spiro atoms. The lowest BCUT2D eigenvalue weighted by Crippen LogP contribution is -2.49. The second-order valence-electron chi connectivity index (χ2n) is 8.92. The van der Waals surface area contributed by atoms with Crippen LogP contribution in [0.5, 0.6) is 0 Å². The number of nitrogens with one attached hydrogen (secondary N) is 3. The van der Waals surface area contributed by atoms with Gasteiger partial charge in [-0.05, 0) is 41.7 Å². The van der Waals surface area contributed by atoms with E-state index < -0.39 is 12.1 Å². The van der Waals surface area contributed by atoms with Gasteiger partial charge in [0.25, 0.3) is 0 Å². The fourth-order valence-corrected chi connectivity index (χ4v) is 4.80. The van der Waals surface area contributed by atoms with E-state index in [-0.39, 0.29) is 24.4 Å². The van der Waals surface area contributed by atoms with Crippen molar-refractivity contribution in [3.8, 4) is 0 Å². The van der Waals surface area contributed by atoms with Crippen LogP contribution in [0.25, 0.3) is 0 Å². The number of hydrogen-bond donors (Lipinski definition) is 4. The predicted octanol–water partition coefficient (Wildman–Crippen LogP) is 2.92. The van der Waals surface area contributed by atoms with Gasteiger partial charge >= 0.3 is 0 Å². The molecule has 9 heteroatoms. The number of benzene rings is 2. The maximum atomic E-state index is 13.2. The van der Waals surface area contributed by atoms with Gasteiger partial charge in [0.05, 0.1) is 16.2 Å². The first kappa shape index (κ1) is 24.9. The highest BCUT2D eigenvalue weighted by Gasteiger charge is 2.28. The first-order chi connectivity index (χ1) is 16.4. The van der Waals surface area contributed by atoms with E-state index in [2.05, 4.69) is 28.1 Å². The summed E-state index contributed by atoms with van der Waals surface area (Å²) in [5.74, 6) is -0.316. The third kappa shape index (κ3) is 6.29. The van der Waals surface area contributed by atoms with E-state index in [4.69, 9.17) is 28.9 Å². The van der Waals surface area contributed by atoms with Crippen LogP contribution in [0.3, 0.4) is 0 Å². The normalized spacial score (nSPS) is 18.1. The van der Waals surface area contributed by atoms with E-state index in [0.29, 0.717) is 16.5 Å². The van der Waals surface area contributed by atoms with E-state index in [9.17, 15) is 9.59 Å². The Morgan fingerprint density at radius 2 is 1.71 bits per heavy atom. The number of nitrogens with two attached hydrogens (primary N) is 1.